The highest BCUT2D eigenvalue weighted by atomic mass is 16.3. The lowest BCUT2D eigenvalue weighted by Crippen LogP contribution is -2.10. The molecule has 0 amide bonds. The van der Waals surface area contributed by atoms with Crippen LogP contribution in [-0.2, 0) is 0 Å². The van der Waals surface area contributed by atoms with Gasteiger partial charge in [0.2, 0.25) is 0 Å². The number of hydrogen-bond donors (Lipinski definition) is 0. The molecule has 0 aliphatic heterocycles. The maximum atomic E-state index is 6.76. The molecule has 13 aromatic rings. The zero-order chi connectivity index (χ0) is 40.7. The first-order valence-corrected chi connectivity index (χ1v) is 21.0. The van der Waals surface area contributed by atoms with Crippen LogP contribution in [0.2, 0.25) is 0 Å². The van der Waals surface area contributed by atoms with E-state index in [2.05, 4.69) is 187 Å². The lowest BCUT2D eigenvalue weighted by Gasteiger charge is -2.27. The Labute approximate surface area is 356 Å². The number of para-hydroxylation sites is 3. The molecule has 0 N–H and O–H groups in total. The molecule has 4 heteroatoms. The fraction of sp³-hybridized carbons (Fsp3) is 0. The van der Waals surface area contributed by atoms with Gasteiger partial charge in [0.1, 0.15) is 33.5 Å². The van der Waals surface area contributed by atoms with Gasteiger partial charge in [0.25, 0.3) is 0 Å². The van der Waals surface area contributed by atoms with Crippen LogP contribution in [0.4, 0.5) is 17.1 Å². The van der Waals surface area contributed by atoms with Gasteiger partial charge in [0, 0.05) is 50.1 Å². The maximum Gasteiger partial charge on any atom is 0.147 e. The summed E-state index contributed by atoms with van der Waals surface area (Å²) in [6.07, 6.45) is 0. The zero-order valence-electron chi connectivity index (χ0n) is 33.4. The number of fused-ring (bicyclic) bond motifs is 11. The fourth-order valence-corrected chi connectivity index (χ4v) is 9.64. The Kier molecular flexibility index (Phi) is 7.57. The molecule has 10 aromatic carbocycles. The van der Waals surface area contributed by atoms with Crippen molar-refractivity contribution < 1.29 is 13.3 Å². The molecule has 0 saturated carbocycles. The van der Waals surface area contributed by atoms with Gasteiger partial charge in [-0.2, -0.15) is 0 Å². The van der Waals surface area contributed by atoms with Crippen molar-refractivity contribution in [2.45, 2.75) is 0 Å². The Bertz CT molecular complexity index is 3870. The number of rotatable bonds is 6. The Hall–Kier alpha value is -8.34. The van der Waals surface area contributed by atoms with Crippen LogP contribution in [0.15, 0.2) is 226 Å². The third kappa shape index (κ3) is 5.33. The molecule has 4 nitrogen and oxygen atoms in total. The Morgan fingerprint density at radius 1 is 0.274 bits per heavy atom. The van der Waals surface area contributed by atoms with Crippen molar-refractivity contribution in [2.75, 3.05) is 4.90 Å². The summed E-state index contributed by atoms with van der Waals surface area (Å²) in [6, 6.07) is 75.1. The molecule has 3 aromatic heterocycles. The Balaban J connectivity index is 1.05. The van der Waals surface area contributed by atoms with Gasteiger partial charge in [-0.25, -0.2) is 0 Å². The summed E-state index contributed by atoms with van der Waals surface area (Å²) >= 11 is 0. The van der Waals surface area contributed by atoms with Gasteiger partial charge in [-0.3, -0.25) is 0 Å². The normalized spacial score (nSPS) is 11.9. The van der Waals surface area contributed by atoms with Crippen molar-refractivity contribution in [2.24, 2.45) is 0 Å². The smallest absolute Gasteiger partial charge is 0.147 e. The highest BCUT2D eigenvalue weighted by molar-refractivity contribution is 6.26. The predicted octanol–water partition coefficient (Wildman–Crippen LogP) is 17.0. The summed E-state index contributed by atoms with van der Waals surface area (Å²) in [6.45, 7) is 0. The van der Waals surface area contributed by atoms with E-state index in [1.54, 1.807) is 0 Å². The van der Waals surface area contributed by atoms with Crippen LogP contribution in [0.5, 0.6) is 0 Å². The summed E-state index contributed by atoms with van der Waals surface area (Å²) < 4.78 is 19.8. The summed E-state index contributed by atoms with van der Waals surface area (Å²) in [5.41, 5.74) is 14.8. The second-order valence-corrected chi connectivity index (χ2v) is 16.0. The summed E-state index contributed by atoms with van der Waals surface area (Å²) in [7, 11) is 0. The van der Waals surface area contributed by atoms with Crippen molar-refractivity contribution in [1.29, 1.82) is 0 Å². The van der Waals surface area contributed by atoms with Crippen molar-refractivity contribution in [3.63, 3.8) is 0 Å². The van der Waals surface area contributed by atoms with Crippen molar-refractivity contribution >= 4 is 93.7 Å². The van der Waals surface area contributed by atoms with E-state index in [1.165, 1.54) is 16.3 Å². The van der Waals surface area contributed by atoms with Gasteiger partial charge in [-0.1, -0.05) is 146 Å². The fourth-order valence-electron chi connectivity index (χ4n) is 9.64. The quantitative estimate of drug-likeness (QED) is 0.168. The number of benzene rings is 10. The first-order valence-electron chi connectivity index (χ1n) is 21.0. The standard InChI is InChI=1S/C58H35NO3/c1-2-13-37(14-3-1)49-33-40(29-31-44(49)50-35-55-57(48-20-8-10-23-52(48)61-55)58-56(50)47-19-7-11-24-53(47)62-58)59(41-30-32-46-45-18-6-9-22-51(45)60-54(46)34-41)39-27-25-38(26-28-39)43-21-12-16-36-15-4-5-17-42(36)43/h1-35H. The van der Waals surface area contributed by atoms with E-state index in [0.717, 1.165) is 111 Å². The molecule has 0 radical (unpaired) electrons. The first-order chi connectivity index (χ1) is 30.7. The molecule has 3 heterocycles. The third-order valence-corrected chi connectivity index (χ3v) is 12.5. The van der Waals surface area contributed by atoms with Gasteiger partial charge < -0.3 is 18.2 Å². The lowest BCUT2D eigenvalue weighted by molar-refractivity contribution is 0.663. The molecular formula is C58H35NO3. The van der Waals surface area contributed by atoms with E-state index in [0.29, 0.717) is 0 Å². The topological polar surface area (TPSA) is 42.7 Å². The summed E-state index contributed by atoms with van der Waals surface area (Å²) in [5.74, 6) is 0. The van der Waals surface area contributed by atoms with Crippen molar-refractivity contribution in [1.82, 2.24) is 0 Å². The van der Waals surface area contributed by atoms with Crippen LogP contribution >= 0.6 is 0 Å². The van der Waals surface area contributed by atoms with Gasteiger partial charge in [-0.05, 0) is 105 Å². The molecule has 0 saturated heterocycles. The molecule has 290 valence electrons. The number of nitrogens with zero attached hydrogens (tertiary/aromatic N) is 1. The molecule has 0 spiro atoms. The van der Waals surface area contributed by atoms with Gasteiger partial charge in [0.15, 0.2) is 0 Å². The summed E-state index contributed by atoms with van der Waals surface area (Å²) in [5, 5.41) is 8.83. The van der Waals surface area contributed by atoms with Crippen LogP contribution in [0.3, 0.4) is 0 Å². The number of hydrogen-bond acceptors (Lipinski definition) is 4. The molecule has 0 atom stereocenters. The predicted molar refractivity (Wildman–Crippen MR) is 257 cm³/mol. The first kappa shape index (κ1) is 34.5. The Morgan fingerprint density at radius 3 is 1.65 bits per heavy atom. The molecule has 0 fully saturated rings. The SMILES string of the molecule is c1ccc(-c2cc(N(c3ccc(-c4cccc5ccccc45)cc3)c3ccc4c(c3)oc3ccccc34)ccc2-c2cc3oc4ccccc4c3c3oc4ccccc4c23)cc1. The average molecular weight is 794 g/mol. The zero-order valence-corrected chi connectivity index (χ0v) is 33.4. The largest absolute Gasteiger partial charge is 0.456 e. The van der Waals surface area contributed by atoms with Gasteiger partial charge >= 0.3 is 0 Å². The van der Waals surface area contributed by atoms with E-state index in [1.807, 2.05) is 30.3 Å². The van der Waals surface area contributed by atoms with E-state index in [-0.39, 0.29) is 0 Å². The van der Waals surface area contributed by atoms with Crippen molar-refractivity contribution in [3.05, 3.63) is 212 Å². The minimum atomic E-state index is 0.794. The van der Waals surface area contributed by atoms with Crippen LogP contribution in [0.25, 0.3) is 110 Å². The maximum absolute atomic E-state index is 6.76. The number of furan rings is 3. The lowest BCUT2D eigenvalue weighted by atomic mass is 9.90. The van der Waals surface area contributed by atoms with E-state index in [9.17, 15) is 0 Å². The molecule has 13 rings (SSSR count). The van der Waals surface area contributed by atoms with Gasteiger partial charge in [-0.15, -0.1) is 0 Å². The highest BCUT2D eigenvalue weighted by Crippen LogP contribution is 2.48. The average Bonchev–Trinajstić information content (AvgIpc) is 4.03. The van der Waals surface area contributed by atoms with Crippen LogP contribution < -0.4 is 4.90 Å². The molecule has 0 unspecified atom stereocenters. The molecular weight excluding hydrogens is 759 g/mol. The molecule has 0 bridgehead atoms. The molecule has 0 aliphatic rings. The van der Waals surface area contributed by atoms with Crippen LogP contribution in [0.1, 0.15) is 0 Å². The Morgan fingerprint density at radius 2 is 0.839 bits per heavy atom. The third-order valence-electron chi connectivity index (χ3n) is 12.5. The van der Waals surface area contributed by atoms with Crippen LogP contribution in [-0.4, -0.2) is 0 Å². The minimum Gasteiger partial charge on any atom is -0.456 e. The second-order valence-electron chi connectivity index (χ2n) is 16.0. The second kappa shape index (κ2) is 13.6. The molecule has 62 heavy (non-hydrogen) atoms. The van der Waals surface area contributed by atoms with E-state index < -0.39 is 0 Å². The minimum absolute atomic E-state index is 0.794. The van der Waals surface area contributed by atoms with E-state index >= 15 is 0 Å². The monoisotopic (exact) mass is 793 g/mol. The van der Waals surface area contributed by atoms with Gasteiger partial charge in [0.05, 0.1) is 5.39 Å². The summed E-state index contributed by atoms with van der Waals surface area (Å²) in [4.78, 5) is 2.33. The highest BCUT2D eigenvalue weighted by Gasteiger charge is 2.24. The number of anilines is 3. The van der Waals surface area contributed by atoms with Crippen LogP contribution in [0, 0.1) is 0 Å². The van der Waals surface area contributed by atoms with Crippen molar-refractivity contribution in [3.8, 4) is 33.4 Å². The van der Waals surface area contributed by atoms with E-state index in [4.69, 9.17) is 13.3 Å². The molecule has 0 aliphatic carbocycles.